The second-order valence-electron chi connectivity index (χ2n) is 9.24. The zero-order valence-electron chi connectivity index (χ0n) is 20.2. The Morgan fingerprint density at radius 3 is 2.71 bits per heavy atom. The molecule has 2 unspecified atom stereocenters. The van der Waals surface area contributed by atoms with Gasteiger partial charge >= 0.3 is 6.09 Å². The molecular weight excluding hydrogens is 466 g/mol. The fraction of sp³-hybridized carbons (Fsp3) is 0.500. The van der Waals surface area contributed by atoms with Crippen LogP contribution in [0.1, 0.15) is 55.0 Å². The quantitative estimate of drug-likeness (QED) is 0.536. The number of nitrogens with zero attached hydrogens (tertiary/aromatic N) is 1. The van der Waals surface area contributed by atoms with Crippen molar-refractivity contribution >= 4 is 34.9 Å². The van der Waals surface area contributed by atoms with Crippen molar-refractivity contribution in [3.05, 3.63) is 52.0 Å². The fourth-order valence-corrected chi connectivity index (χ4v) is 4.95. The number of benzene rings is 1. The highest BCUT2D eigenvalue weighted by Gasteiger charge is 2.31. The van der Waals surface area contributed by atoms with E-state index >= 15 is 0 Å². The maximum atomic E-state index is 13.2. The van der Waals surface area contributed by atoms with E-state index in [1.165, 1.54) is 0 Å². The van der Waals surface area contributed by atoms with Crippen molar-refractivity contribution in [3.63, 3.8) is 0 Å². The third kappa shape index (κ3) is 8.58. The first-order valence-corrected chi connectivity index (χ1v) is 12.9. The van der Waals surface area contributed by atoms with Crippen molar-refractivity contribution in [2.45, 2.75) is 65.0 Å². The van der Waals surface area contributed by atoms with Crippen LogP contribution in [0.3, 0.4) is 0 Å². The first-order chi connectivity index (χ1) is 16.8. The number of aromatic nitrogens is 1. The Bertz CT molecular complexity index is 1020. The van der Waals surface area contributed by atoms with E-state index in [0.717, 1.165) is 28.3 Å². The molecule has 2 heterocycles. The normalized spacial score (nSPS) is 17.6. The zero-order chi connectivity index (χ0) is 25.2. The van der Waals surface area contributed by atoms with Crippen LogP contribution in [-0.4, -0.2) is 41.1 Å². The highest BCUT2D eigenvalue weighted by Crippen LogP contribution is 2.22. The summed E-state index contributed by atoms with van der Waals surface area (Å²) >= 11 is 1.60. The third-order valence-corrected chi connectivity index (χ3v) is 6.95. The Morgan fingerprint density at radius 1 is 1.20 bits per heavy atom. The number of ketones is 2. The number of nitrogens with one attached hydrogen (secondary N) is 2. The van der Waals surface area contributed by atoms with E-state index in [1.807, 2.05) is 50.4 Å². The van der Waals surface area contributed by atoms with E-state index in [0.29, 0.717) is 25.8 Å². The minimum Gasteiger partial charge on any atom is -0.445 e. The molecule has 1 aliphatic heterocycles. The van der Waals surface area contributed by atoms with E-state index in [9.17, 15) is 19.2 Å². The number of Topliss-reactive ketones (excluding diaryl/α,β-unsaturated/α-hetero) is 2. The monoisotopic (exact) mass is 499 g/mol. The number of amides is 2. The molecule has 1 aromatic heterocycles. The van der Waals surface area contributed by atoms with E-state index in [4.69, 9.17) is 4.74 Å². The van der Waals surface area contributed by atoms with Gasteiger partial charge in [-0.2, -0.15) is 0 Å². The molecule has 2 amide bonds. The van der Waals surface area contributed by atoms with Crippen LogP contribution in [0.5, 0.6) is 0 Å². The van der Waals surface area contributed by atoms with Gasteiger partial charge in [-0.25, -0.2) is 9.78 Å². The van der Waals surface area contributed by atoms with Gasteiger partial charge in [0, 0.05) is 36.4 Å². The summed E-state index contributed by atoms with van der Waals surface area (Å²) in [4.78, 5) is 56.6. The second kappa shape index (κ2) is 13.1. The summed E-state index contributed by atoms with van der Waals surface area (Å²) in [6.07, 6.45) is 3.81. The van der Waals surface area contributed by atoms with Crippen LogP contribution < -0.4 is 10.6 Å². The molecule has 1 aromatic carbocycles. The third-order valence-electron chi connectivity index (χ3n) is 5.84. The van der Waals surface area contributed by atoms with Gasteiger partial charge in [0.25, 0.3) is 5.91 Å². The molecule has 2 N–H and O–H groups in total. The Morgan fingerprint density at radius 2 is 1.97 bits per heavy atom. The summed E-state index contributed by atoms with van der Waals surface area (Å²) in [5, 5.41) is 6.24. The minimum absolute atomic E-state index is 0.0896. The molecule has 188 valence electrons. The molecule has 0 aliphatic carbocycles. The number of alkyl carbamates (subject to hydrolysis) is 1. The lowest BCUT2D eigenvalue weighted by Crippen LogP contribution is -2.44. The molecule has 8 nitrogen and oxygen atoms in total. The topological polar surface area (TPSA) is 114 Å². The van der Waals surface area contributed by atoms with Crippen LogP contribution in [0, 0.1) is 11.8 Å². The molecule has 0 radical (unpaired) electrons. The molecule has 0 saturated heterocycles. The molecular formula is C26H33N3O5S. The molecule has 1 aliphatic rings. The van der Waals surface area contributed by atoms with E-state index in [1.54, 1.807) is 11.3 Å². The minimum atomic E-state index is -0.804. The molecule has 0 spiro atoms. The van der Waals surface area contributed by atoms with E-state index < -0.39 is 29.7 Å². The van der Waals surface area contributed by atoms with Gasteiger partial charge in [-0.1, -0.05) is 44.2 Å². The molecule has 2 bridgehead atoms. The number of ether oxygens (including phenoxy) is 1. The molecule has 3 rings (SSSR count). The Kier molecular flexibility index (Phi) is 9.96. The summed E-state index contributed by atoms with van der Waals surface area (Å²) in [5.74, 6) is -2.18. The number of fused-ring (bicyclic) bond motifs is 2. The van der Waals surface area contributed by atoms with E-state index in [2.05, 4.69) is 15.6 Å². The van der Waals surface area contributed by atoms with Gasteiger partial charge < -0.3 is 15.4 Å². The molecule has 2 aromatic rings. The predicted molar refractivity (Wildman–Crippen MR) is 133 cm³/mol. The molecule has 9 heteroatoms. The summed E-state index contributed by atoms with van der Waals surface area (Å²) in [5.41, 5.74) is 0.838. The highest BCUT2D eigenvalue weighted by molar-refractivity contribution is 7.11. The van der Waals surface area contributed by atoms with Crippen LogP contribution in [0.2, 0.25) is 0 Å². The lowest BCUT2D eigenvalue weighted by Gasteiger charge is -2.22. The second-order valence-corrected chi connectivity index (χ2v) is 10.4. The first kappa shape index (κ1) is 26.5. The van der Waals surface area contributed by atoms with Gasteiger partial charge in [0.2, 0.25) is 5.78 Å². The van der Waals surface area contributed by atoms with Crippen molar-refractivity contribution in [2.75, 3.05) is 6.54 Å². The van der Waals surface area contributed by atoms with Gasteiger partial charge in [-0.15, -0.1) is 11.3 Å². The van der Waals surface area contributed by atoms with Crippen molar-refractivity contribution < 1.29 is 23.9 Å². The van der Waals surface area contributed by atoms with Crippen molar-refractivity contribution in [3.8, 4) is 0 Å². The molecule has 0 saturated carbocycles. The highest BCUT2D eigenvalue weighted by atomic mass is 32.1. The number of aryl methyl sites for hydroxylation is 2. The lowest BCUT2D eigenvalue weighted by atomic mass is 9.88. The molecule has 2 atom stereocenters. The van der Waals surface area contributed by atoms with Gasteiger partial charge in [0.05, 0.1) is 11.0 Å². The first-order valence-electron chi connectivity index (χ1n) is 12.1. The SMILES string of the molecule is CC(C)CC(NC(=O)OCc1ccccc1)C(=O)CC1CCc2ncc(s2)CCCNC(=O)C1=O. The standard InChI is InChI=1S/C26H33N3O5S/c1-17(2)13-21(29-26(33)34-16-18-7-4-3-5-8-18)22(30)14-19-10-11-23-28-15-20(35-23)9-6-12-27-25(32)24(19)31/h3-5,7-8,15,17,19,21H,6,9-14,16H2,1-2H3,(H,27,32)(H,29,33). The number of rotatable bonds is 8. The lowest BCUT2D eigenvalue weighted by molar-refractivity contribution is -0.141. The summed E-state index contributed by atoms with van der Waals surface area (Å²) in [7, 11) is 0. The Hall–Kier alpha value is -3.07. The van der Waals surface area contributed by atoms with Crippen LogP contribution in [0.4, 0.5) is 4.79 Å². The van der Waals surface area contributed by atoms with Crippen molar-refractivity contribution in [2.24, 2.45) is 11.8 Å². The smallest absolute Gasteiger partial charge is 0.408 e. The Balaban J connectivity index is 1.66. The van der Waals surface area contributed by atoms with Gasteiger partial charge in [-0.05, 0) is 37.2 Å². The van der Waals surface area contributed by atoms with Gasteiger partial charge in [0.15, 0.2) is 5.78 Å². The van der Waals surface area contributed by atoms with Crippen molar-refractivity contribution in [1.29, 1.82) is 0 Å². The summed E-state index contributed by atoms with van der Waals surface area (Å²) < 4.78 is 5.29. The van der Waals surface area contributed by atoms with Gasteiger partial charge in [0.1, 0.15) is 6.61 Å². The number of hydrogen-bond donors (Lipinski definition) is 2. The summed E-state index contributed by atoms with van der Waals surface area (Å²) in [6.45, 7) is 4.38. The van der Waals surface area contributed by atoms with Crippen molar-refractivity contribution in [1.82, 2.24) is 15.6 Å². The fourth-order valence-electron chi connectivity index (χ4n) is 3.97. The number of carbonyl (C=O) groups is 4. The van der Waals surface area contributed by atoms with Crippen LogP contribution in [0.15, 0.2) is 36.5 Å². The maximum absolute atomic E-state index is 13.2. The number of thiazole rings is 1. The average molecular weight is 500 g/mol. The number of carbonyl (C=O) groups excluding carboxylic acids is 4. The van der Waals surface area contributed by atoms with Crippen LogP contribution in [0.25, 0.3) is 0 Å². The van der Waals surface area contributed by atoms with Gasteiger partial charge in [-0.3, -0.25) is 14.4 Å². The largest absolute Gasteiger partial charge is 0.445 e. The molecule has 35 heavy (non-hydrogen) atoms. The van der Waals surface area contributed by atoms with Crippen LogP contribution >= 0.6 is 11.3 Å². The summed E-state index contributed by atoms with van der Waals surface area (Å²) in [6, 6.07) is 8.46. The maximum Gasteiger partial charge on any atom is 0.408 e. The van der Waals surface area contributed by atoms with E-state index in [-0.39, 0.29) is 24.7 Å². The Labute approximate surface area is 209 Å². The predicted octanol–water partition coefficient (Wildman–Crippen LogP) is 3.62. The zero-order valence-corrected chi connectivity index (χ0v) is 21.1. The van der Waals surface area contributed by atoms with Crippen LogP contribution in [-0.2, 0) is 38.6 Å². The average Bonchev–Trinajstić information content (AvgIpc) is 3.29. The molecule has 0 fully saturated rings. The number of hydrogen-bond acceptors (Lipinski definition) is 7.